The highest BCUT2D eigenvalue weighted by Gasteiger charge is 1.93. The Morgan fingerprint density at radius 2 is 1.50 bits per heavy atom. The summed E-state index contributed by atoms with van der Waals surface area (Å²) in [6, 6.07) is 0. The van der Waals surface area contributed by atoms with Gasteiger partial charge in [0.15, 0.2) is 0 Å². The van der Waals surface area contributed by atoms with E-state index in [0.29, 0.717) is 6.61 Å². The molecule has 0 bridgehead atoms. The van der Waals surface area contributed by atoms with E-state index in [1.165, 1.54) is 25.7 Å². The molecule has 0 aromatic carbocycles. The molecule has 0 saturated carbocycles. The number of unbranched alkanes of at least 4 members (excludes halogenated alkanes) is 4. The van der Waals surface area contributed by atoms with E-state index in [9.17, 15) is 0 Å². The molecule has 0 amide bonds. The molecule has 0 aliphatic heterocycles. The molecule has 0 aliphatic rings. The van der Waals surface area contributed by atoms with Crippen LogP contribution in [0, 0.1) is 0 Å². The fourth-order valence-corrected chi connectivity index (χ4v) is 1.02. The number of aliphatic hydroxyl groups is 2. The molecular weight excluding hydrogens is 176 g/mol. The third-order valence-corrected chi connectivity index (χ3v) is 1.99. The van der Waals surface area contributed by atoms with E-state index in [0.717, 1.165) is 19.3 Å². The van der Waals surface area contributed by atoms with Crippen molar-refractivity contribution in [3.05, 3.63) is 0 Å². The molecule has 14 heavy (non-hydrogen) atoms. The molecule has 0 aromatic heterocycles. The molecule has 0 radical (unpaired) electrons. The Labute approximate surface area is 89.3 Å². The Bertz CT molecular complexity index is 80.4. The maximum Gasteiger partial charge on any atom is 0.0512 e. The van der Waals surface area contributed by atoms with Gasteiger partial charge in [0, 0.05) is 6.61 Å². The second-order valence-corrected chi connectivity index (χ2v) is 3.78. The zero-order chi connectivity index (χ0) is 11.2. The van der Waals surface area contributed by atoms with Crippen LogP contribution >= 0.6 is 0 Å². The van der Waals surface area contributed by atoms with Crippen LogP contribution in [-0.4, -0.2) is 22.9 Å². The summed E-state index contributed by atoms with van der Waals surface area (Å²) in [4.78, 5) is 0. The van der Waals surface area contributed by atoms with Gasteiger partial charge in [0.25, 0.3) is 0 Å². The average Bonchev–Trinajstić information content (AvgIpc) is 2.15. The fourth-order valence-electron chi connectivity index (χ4n) is 1.02. The zero-order valence-corrected chi connectivity index (χ0v) is 10.1. The third-order valence-electron chi connectivity index (χ3n) is 1.99. The van der Waals surface area contributed by atoms with Crippen LogP contribution in [0.3, 0.4) is 0 Å². The lowest BCUT2D eigenvalue weighted by molar-refractivity contribution is 0.180. The predicted molar refractivity (Wildman–Crippen MR) is 62.4 cm³/mol. The van der Waals surface area contributed by atoms with Gasteiger partial charge in [-0.05, 0) is 19.8 Å². The lowest BCUT2D eigenvalue weighted by Gasteiger charge is -2.01. The largest absolute Gasteiger partial charge is 0.396 e. The van der Waals surface area contributed by atoms with E-state index in [1.54, 1.807) is 0 Å². The maximum atomic E-state index is 8.85. The van der Waals surface area contributed by atoms with Crippen LogP contribution in [0.25, 0.3) is 0 Å². The molecule has 0 spiro atoms. The Morgan fingerprint density at radius 1 is 0.929 bits per heavy atom. The van der Waals surface area contributed by atoms with E-state index in [2.05, 4.69) is 13.8 Å². The molecule has 2 nitrogen and oxygen atoms in total. The number of hydrogen-bond donors (Lipinski definition) is 2. The normalized spacial score (nSPS) is 11.8. The van der Waals surface area contributed by atoms with Crippen LogP contribution < -0.4 is 0 Å². The zero-order valence-electron chi connectivity index (χ0n) is 10.1. The van der Waals surface area contributed by atoms with Crippen molar-refractivity contribution in [1.82, 2.24) is 0 Å². The maximum absolute atomic E-state index is 8.85. The van der Waals surface area contributed by atoms with Crippen molar-refractivity contribution in [2.75, 3.05) is 6.61 Å². The summed E-state index contributed by atoms with van der Waals surface area (Å²) in [6.45, 7) is 6.45. The lowest BCUT2D eigenvalue weighted by Crippen LogP contribution is -1.97. The van der Waals surface area contributed by atoms with Crippen LogP contribution in [0.4, 0.5) is 0 Å². The van der Waals surface area contributed by atoms with Crippen molar-refractivity contribution in [3.8, 4) is 0 Å². The summed E-state index contributed by atoms with van der Waals surface area (Å²) < 4.78 is 0. The molecule has 0 aliphatic carbocycles. The molecule has 0 aromatic rings. The van der Waals surface area contributed by atoms with E-state index in [1.807, 2.05) is 6.92 Å². The van der Waals surface area contributed by atoms with Gasteiger partial charge in [-0.2, -0.15) is 0 Å². The lowest BCUT2D eigenvalue weighted by atomic mass is 10.1. The van der Waals surface area contributed by atoms with Crippen LogP contribution in [0.15, 0.2) is 0 Å². The first-order valence-electron chi connectivity index (χ1n) is 5.97. The van der Waals surface area contributed by atoms with Crippen molar-refractivity contribution in [2.45, 2.75) is 71.8 Å². The first-order chi connectivity index (χ1) is 6.68. The summed E-state index contributed by atoms with van der Waals surface area (Å²) in [5.41, 5.74) is 0. The van der Waals surface area contributed by atoms with Gasteiger partial charge in [-0.15, -0.1) is 0 Å². The van der Waals surface area contributed by atoms with Crippen molar-refractivity contribution in [3.63, 3.8) is 0 Å². The minimum Gasteiger partial charge on any atom is -0.396 e. The SMILES string of the molecule is CCCCCCC(C)O.CCCCO. The standard InChI is InChI=1S/C8H18O.C4H10O/c1-3-4-5-6-7-8(2)9;1-2-3-4-5/h8-9H,3-7H2,1-2H3;5H,2-4H2,1H3. The monoisotopic (exact) mass is 204 g/mol. The summed E-state index contributed by atoms with van der Waals surface area (Å²) in [6.07, 6.45) is 7.97. The van der Waals surface area contributed by atoms with Gasteiger partial charge in [-0.3, -0.25) is 0 Å². The molecule has 0 rings (SSSR count). The van der Waals surface area contributed by atoms with Gasteiger partial charge in [0.05, 0.1) is 6.10 Å². The first kappa shape index (κ1) is 16.4. The molecule has 2 N–H and O–H groups in total. The van der Waals surface area contributed by atoms with Crippen LogP contribution in [0.1, 0.15) is 65.7 Å². The van der Waals surface area contributed by atoms with Gasteiger partial charge >= 0.3 is 0 Å². The first-order valence-corrected chi connectivity index (χ1v) is 5.97. The smallest absolute Gasteiger partial charge is 0.0512 e. The van der Waals surface area contributed by atoms with Crippen LogP contribution in [0.5, 0.6) is 0 Å². The van der Waals surface area contributed by atoms with Crippen LogP contribution in [0.2, 0.25) is 0 Å². The van der Waals surface area contributed by atoms with E-state index < -0.39 is 0 Å². The summed E-state index contributed by atoms with van der Waals surface area (Å²) >= 11 is 0. The Kier molecular flexibility index (Phi) is 18.0. The van der Waals surface area contributed by atoms with Crippen molar-refractivity contribution in [1.29, 1.82) is 0 Å². The summed E-state index contributed by atoms with van der Waals surface area (Å²) in [5.74, 6) is 0. The third kappa shape index (κ3) is 22.7. The predicted octanol–water partition coefficient (Wildman–Crippen LogP) is 3.12. The highest BCUT2D eigenvalue weighted by atomic mass is 16.3. The molecule has 2 heteroatoms. The van der Waals surface area contributed by atoms with Crippen LogP contribution in [-0.2, 0) is 0 Å². The number of aliphatic hydroxyl groups excluding tert-OH is 2. The Hall–Kier alpha value is -0.0800. The summed E-state index contributed by atoms with van der Waals surface area (Å²) in [7, 11) is 0. The fraction of sp³-hybridized carbons (Fsp3) is 1.00. The highest BCUT2D eigenvalue weighted by molar-refractivity contribution is 4.47. The van der Waals surface area contributed by atoms with Gasteiger partial charge in [-0.1, -0.05) is 46.0 Å². The molecule has 88 valence electrons. The summed E-state index contributed by atoms with van der Waals surface area (Å²) in [5, 5.41) is 16.9. The second kappa shape index (κ2) is 15.4. The van der Waals surface area contributed by atoms with Crippen molar-refractivity contribution < 1.29 is 10.2 Å². The topological polar surface area (TPSA) is 40.5 Å². The molecular formula is C12H28O2. The Balaban J connectivity index is 0. The molecule has 0 fully saturated rings. The minimum atomic E-state index is -0.0955. The minimum absolute atomic E-state index is 0.0955. The van der Waals surface area contributed by atoms with Gasteiger partial charge in [0.2, 0.25) is 0 Å². The van der Waals surface area contributed by atoms with Gasteiger partial charge in [0.1, 0.15) is 0 Å². The average molecular weight is 204 g/mol. The second-order valence-electron chi connectivity index (χ2n) is 3.78. The molecule has 0 heterocycles. The van der Waals surface area contributed by atoms with Gasteiger partial charge in [-0.25, -0.2) is 0 Å². The van der Waals surface area contributed by atoms with Crippen molar-refractivity contribution >= 4 is 0 Å². The molecule has 1 atom stereocenters. The molecule has 0 saturated heterocycles. The van der Waals surface area contributed by atoms with Gasteiger partial charge < -0.3 is 10.2 Å². The molecule has 1 unspecified atom stereocenters. The number of rotatable bonds is 7. The van der Waals surface area contributed by atoms with E-state index in [4.69, 9.17) is 10.2 Å². The number of hydrogen-bond acceptors (Lipinski definition) is 2. The quantitative estimate of drug-likeness (QED) is 0.626. The van der Waals surface area contributed by atoms with E-state index >= 15 is 0 Å². The Morgan fingerprint density at radius 3 is 1.79 bits per heavy atom. The van der Waals surface area contributed by atoms with E-state index in [-0.39, 0.29) is 6.10 Å². The van der Waals surface area contributed by atoms with Crippen molar-refractivity contribution in [2.24, 2.45) is 0 Å². The highest BCUT2D eigenvalue weighted by Crippen LogP contribution is 2.04.